The molecule has 0 aliphatic carbocycles. The van der Waals surface area contributed by atoms with Crippen molar-refractivity contribution in [3.63, 3.8) is 0 Å². The Kier molecular flexibility index (Phi) is 15.7. The van der Waals surface area contributed by atoms with E-state index < -0.39 is 44.7 Å². The maximum atomic E-state index is 13.6. The van der Waals surface area contributed by atoms with Crippen LogP contribution in [0.25, 0.3) is 28.5 Å². The Morgan fingerprint density at radius 3 is 1.54 bits per heavy atom. The highest BCUT2D eigenvalue weighted by molar-refractivity contribution is 7.95. The molecule has 7 aromatic rings. The van der Waals surface area contributed by atoms with Gasteiger partial charge in [0.1, 0.15) is 0 Å². The number of benzene rings is 5. The van der Waals surface area contributed by atoms with Gasteiger partial charge in [-0.2, -0.15) is 17.6 Å². The van der Waals surface area contributed by atoms with Gasteiger partial charge in [-0.3, -0.25) is 13.5 Å². The van der Waals surface area contributed by atoms with Gasteiger partial charge in [-0.1, -0.05) is 97.1 Å². The highest BCUT2D eigenvalue weighted by Crippen LogP contribution is 2.29. The molecule has 0 radical (unpaired) electrons. The minimum Gasteiger partial charge on any atom is -0.415 e. The molecule has 0 saturated heterocycles. The SMILES string of the molecule is C=CS(=O)(=O)N(Cc1ccc(-c2nnc(C(F)F)o2)cc1)c1ccccc1.O=S(=O)(CCN1CC=C(c2ccc(Cl)cc2)CC1)N(Cc1ccc(-c2nnc(C(F)F)o2)cc1)c1ccccc1. The molecule has 0 amide bonds. The van der Waals surface area contributed by atoms with E-state index >= 15 is 0 Å². The third-order valence-electron chi connectivity index (χ3n) is 10.4. The van der Waals surface area contributed by atoms with Crippen molar-refractivity contribution in [1.82, 2.24) is 25.3 Å². The zero-order valence-electron chi connectivity index (χ0n) is 35.5. The number of rotatable bonds is 17. The third-order valence-corrected chi connectivity index (χ3v) is 13.8. The molecular formula is C47H42ClF4N7O6S2. The largest absolute Gasteiger partial charge is 0.415 e. The molecule has 348 valence electrons. The normalized spacial score (nSPS) is 13.2. The second-order valence-corrected chi connectivity index (χ2v) is 19.1. The zero-order valence-corrected chi connectivity index (χ0v) is 37.8. The van der Waals surface area contributed by atoms with E-state index in [0.717, 1.165) is 29.5 Å². The Bertz CT molecular complexity index is 2980. The molecule has 0 unspecified atom stereocenters. The predicted molar refractivity (Wildman–Crippen MR) is 248 cm³/mol. The summed E-state index contributed by atoms with van der Waals surface area (Å²) in [6, 6.07) is 38.6. The fourth-order valence-corrected chi connectivity index (χ4v) is 9.42. The number of halogens is 5. The molecule has 0 saturated carbocycles. The minimum absolute atomic E-state index is 0.0239. The number of alkyl halides is 4. The van der Waals surface area contributed by atoms with Gasteiger partial charge >= 0.3 is 12.9 Å². The van der Waals surface area contributed by atoms with E-state index in [1.165, 1.54) is 14.2 Å². The summed E-state index contributed by atoms with van der Waals surface area (Å²) in [7, 11) is -7.39. The second-order valence-electron chi connectivity index (χ2n) is 14.9. The molecular weight excluding hydrogens is 934 g/mol. The van der Waals surface area contributed by atoms with Gasteiger partial charge in [-0.25, -0.2) is 16.8 Å². The summed E-state index contributed by atoms with van der Waals surface area (Å²) < 4.78 is 115. The monoisotopic (exact) mass is 975 g/mol. The summed E-state index contributed by atoms with van der Waals surface area (Å²) in [5, 5.41) is 15.5. The zero-order chi connectivity index (χ0) is 47.6. The summed E-state index contributed by atoms with van der Waals surface area (Å²) in [5.41, 5.74) is 5.75. The van der Waals surface area contributed by atoms with Gasteiger partial charge in [0.2, 0.25) is 21.8 Å². The van der Waals surface area contributed by atoms with E-state index in [1.54, 1.807) is 103 Å². The quantitative estimate of drug-likeness (QED) is 0.0801. The molecule has 5 aromatic carbocycles. The summed E-state index contributed by atoms with van der Waals surface area (Å²) in [6.45, 7) is 5.39. The molecule has 13 nitrogen and oxygen atoms in total. The Morgan fingerprint density at radius 2 is 1.10 bits per heavy atom. The number of para-hydroxylation sites is 2. The first-order valence-electron chi connectivity index (χ1n) is 20.5. The number of hydrogen-bond donors (Lipinski definition) is 0. The minimum atomic E-state index is -3.71. The van der Waals surface area contributed by atoms with Crippen LogP contribution < -0.4 is 8.61 Å². The molecule has 3 heterocycles. The lowest BCUT2D eigenvalue weighted by molar-refractivity contribution is 0.115. The van der Waals surface area contributed by atoms with Crippen molar-refractivity contribution in [2.45, 2.75) is 32.4 Å². The average Bonchev–Trinajstić information content (AvgIpc) is 4.06. The molecule has 8 rings (SSSR count). The van der Waals surface area contributed by atoms with Crippen molar-refractivity contribution in [2.24, 2.45) is 0 Å². The van der Waals surface area contributed by atoms with Gasteiger partial charge in [0.15, 0.2) is 0 Å². The van der Waals surface area contributed by atoms with Gasteiger partial charge < -0.3 is 8.83 Å². The number of sulfonamides is 2. The average molecular weight is 976 g/mol. The van der Waals surface area contributed by atoms with Crippen molar-refractivity contribution < 1.29 is 43.2 Å². The molecule has 0 fully saturated rings. The summed E-state index contributed by atoms with van der Waals surface area (Å²) in [4.78, 5) is 2.13. The van der Waals surface area contributed by atoms with E-state index in [0.29, 0.717) is 46.2 Å². The number of nitrogens with zero attached hydrogens (tertiary/aromatic N) is 7. The van der Waals surface area contributed by atoms with Gasteiger partial charge in [0.05, 0.1) is 30.2 Å². The molecule has 0 bridgehead atoms. The fourth-order valence-electron chi connectivity index (χ4n) is 6.87. The Hall–Kier alpha value is -6.67. The second kappa shape index (κ2) is 21.8. The first-order chi connectivity index (χ1) is 32.2. The van der Waals surface area contributed by atoms with Gasteiger partial charge in [-0.05, 0) is 89.3 Å². The van der Waals surface area contributed by atoms with E-state index in [9.17, 15) is 34.4 Å². The molecule has 2 aromatic heterocycles. The molecule has 0 atom stereocenters. The summed E-state index contributed by atoms with van der Waals surface area (Å²) in [5.74, 6) is -1.59. The van der Waals surface area contributed by atoms with Crippen LogP contribution in [0.15, 0.2) is 160 Å². The third kappa shape index (κ3) is 12.6. The highest BCUT2D eigenvalue weighted by atomic mass is 35.5. The lowest BCUT2D eigenvalue weighted by Crippen LogP contribution is -2.39. The Balaban J connectivity index is 0.000000215. The molecule has 0 N–H and O–H groups in total. The van der Waals surface area contributed by atoms with E-state index in [-0.39, 0.29) is 30.6 Å². The highest BCUT2D eigenvalue weighted by Gasteiger charge is 2.26. The smallest absolute Gasteiger partial charge is 0.314 e. The number of anilines is 2. The fraction of sp³-hybridized carbons (Fsp3) is 0.191. The van der Waals surface area contributed by atoms with Crippen LogP contribution in [0.4, 0.5) is 28.9 Å². The number of aromatic nitrogens is 4. The molecule has 20 heteroatoms. The van der Waals surface area contributed by atoms with Gasteiger partial charge in [-0.15, -0.1) is 20.4 Å². The predicted octanol–water partition coefficient (Wildman–Crippen LogP) is 10.6. The maximum Gasteiger partial charge on any atom is 0.314 e. The summed E-state index contributed by atoms with van der Waals surface area (Å²) >= 11 is 6.00. The molecule has 0 spiro atoms. The first kappa shape index (κ1) is 48.3. The van der Waals surface area contributed by atoms with Crippen molar-refractivity contribution in [3.05, 3.63) is 185 Å². The van der Waals surface area contributed by atoms with Crippen molar-refractivity contribution in [2.75, 3.05) is 34.0 Å². The van der Waals surface area contributed by atoms with E-state index in [1.807, 2.05) is 30.3 Å². The van der Waals surface area contributed by atoms with Crippen LogP contribution >= 0.6 is 11.6 Å². The first-order valence-corrected chi connectivity index (χ1v) is 24.0. The lowest BCUT2D eigenvalue weighted by atomic mass is 10.00. The van der Waals surface area contributed by atoms with Crippen LogP contribution in [0, 0.1) is 0 Å². The topological polar surface area (TPSA) is 156 Å². The van der Waals surface area contributed by atoms with E-state index in [4.69, 9.17) is 20.4 Å². The van der Waals surface area contributed by atoms with Crippen molar-refractivity contribution in [3.8, 4) is 22.9 Å². The van der Waals surface area contributed by atoms with Crippen LogP contribution in [-0.4, -0.2) is 67.5 Å². The van der Waals surface area contributed by atoms with Crippen LogP contribution in [0.5, 0.6) is 0 Å². The standard InChI is InChI=1S/C29H27ClF2N4O3S.C18H15F2N3O3S/c30-25-12-10-22(11-13-25)23-14-16-35(17-15-23)18-19-40(37,38)36(26-4-2-1-3-5-26)20-21-6-8-24(9-7-21)28-33-34-29(39-28)27(31)32;1-2-27(24,25)23(15-6-4-3-5-7-15)12-13-8-10-14(11-9-13)17-21-22-18(26-17)16(19)20/h1-14,27H,15-20H2;2-11,16H,1,12H2. The van der Waals surface area contributed by atoms with Gasteiger partial charge in [0.25, 0.3) is 21.8 Å². The molecule has 1 aliphatic heterocycles. The van der Waals surface area contributed by atoms with Crippen LogP contribution in [-0.2, 0) is 33.1 Å². The molecule has 1 aliphatic rings. The van der Waals surface area contributed by atoms with Crippen LogP contribution in [0.3, 0.4) is 0 Å². The Labute approximate surface area is 389 Å². The Morgan fingerprint density at radius 1 is 0.642 bits per heavy atom. The van der Waals surface area contributed by atoms with Gasteiger partial charge in [0, 0.05) is 41.2 Å². The summed E-state index contributed by atoms with van der Waals surface area (Å²) in [6.07, 6.45) is -2.72. The lowest BCUT2D eigenvalue weighted by Gasteiger charge is -2.29. The van der Waals surface area contributed by atoms with Crippen molar-refractivity contribution in [1.29, 1.82) is 0 Å². The van der Waals surface area contributed by atoms with Crippen LogP contribution in [0.1, 0.15) is 47.7 Å². The van der Waals surface area contributed by atoms with Crippen LogP contribution in [0.2, 0.25) is 5.02 Å². The number of hydrogen-bond acceptors (Lipinski definition) is 11. The van der Waals surface area contributed by atoms with E-state index in [2.05, 4.69) is 37.9 Å². The maximum absolute atomic E-state index is 13.6. The molecule has 67 heavy (non-hydrogen) atoms. The van der Waals surface area contributed by atoms with Crippen molar-refractivity contribution >= 4 is 48.6 Å².